The average Bonchev–Trinajstić information content (AvgIpc) is 2.94. The lowest BCUT2D eigenvalue weighted by Gasteiger charge is -2.31. The van der Waals surface area contributed by atoms with E-state index >= 15 is 0 Å². The van der Waals surface area contributed by atoms with Gasteiger partial charge in [-0.05, 0) is 38.1 Å². The Kier molecular flexibility index (Phi) is 6.57. The number of sulfone groups is 1. The third-order valence-corrected chi connectivity index (χ3v) is 6.45. The number of amides is 1. The highest BCUT2D eigenvalue weighted by Gasteiger charge is 2.34. The first kappa shape index (κ1) is 20.6. The number of halogens is 2. The zero-order chi connectivity index (χ0) is 19.5. The fraction of sp³-hybridized carbons (Fsp3) is 0.588. The van der Waals surface area contributed by atoms with Crippen molar-refractivity contribution in [3.8, 4) is 5.75 Å². The van der Waals surface area contributed by atoms with Gasteiger partial charge < -0.3 is 9.64 Å². The van der Waals surface area contributed by atoms with Gasteiger partial charge in [-0.1, -0.05) is 12.1 Å². The molecule has 9 heteroatoms. The van der Waals surface area contributed by atoms with E-state index in [1.165, 1.54) is 17.0 Å². The first-order valence-corrected chi connectivity index (χ1v) is 10.1. The number of nitrogens with zero attached hydrogens (tertiary/aromatic N) is 2. The number of benzene rings is 1. The molecule has 1 amide bonds. The number of carbonyl (C=O) groups excluding carboxylic acids is 1. The van der Waals surface area contributed by atoms with Crippen molar-refractivity contribution in [2.75, 3.05) is 25.6 Å². The van der Waals surface area contributed by atoms with Crippen LogP contribution in [0.15, 0.2) is 24.3 Å². The van der Waals surface area contributed by atoms with Crippen molar-refractivity contribution in [1.29, 1.82) is 0 Å². The number of likely N-dealkylation sites (N-methyl/N-ethyl adjacent to an activating group) is 2. The summed E-state index contributed by atoms with van der Waals surface area (Å²) in [4.78, 5) is 16.0. The molecule has 0 saturated carbocycles. The molecule has 2 atom stereocenters. The van der Waals surface area contributed by atoms with Crippen LogP contribution in [-0.4, -0.2) is 68.4 Å². The van der Waals surface area contributed by atoms with Gasteiger partial charge in [-0.25, -0.2) is 8.42 Å². The second-order valence-corrected chi connectivity index (χ2v) is 8.85. The van der Waals surface area contributed by atoms with Gasteiger partial charge in [-0.3, -0.25) is 9.69 Å². The molecule has 0 aliphatic carbocycles. The van der Waals surface area contributed by atoms with E-state index in [4.69, 9.17) is 0 Å². The Hall–Kier alpha value is -1.74. The summed E-state index contributed by atoms with van der Waals surface area (Å²) in [5.74, 6) is 0.0639. The lowest BCUT2D eigenvalue weighted by molar-refractivity contribution is -0.136. The van der Waals surface area contributed by atoms with E-state index in [0.717, 1.165) is 5.56 Å². The Balaban J connectivity index is 1.93. The number of ether oxygens (including phenoxy) is 1. The van der Waals surface area contributed by atoms with Crippen LogP contribution in [-0.2, 0) is 21.2 Å². The minimum Gasteiger partial charge on any atom is -0.435 e. The van der Waals surface area contributed by atoms with Crippen molar-refractivity contribution in [1.82, 2.24) is 9.80 Å². The molecule has 26 heavy (non-hydrogen) atoms. The molecule has 0 N–H and O–H groups in total. The molecule has 0 radical (unpaired) electrons. The van der Waals surface area contributed by atoms with E-state index in [2.05, 4.69) is 4.74 Å². The van der Waals surface area contributed by atoms with E-state index in [-0.39, 0.29) is 29.2 Å². The van der Waals surface area contributed by atoms with Crippen molar-refractivity contribution >= 4 is 15.7 Å². The van der Waals surface area contributed by atoms with Crippen LogP contribution in [0.1, 0.15) is 18.9 Å². The van der Waals surface area contributed by atoms with Crippen LogP contribution in [0, 0.1) is 0 Å². The molecule has 0 spiro atoms. The Morgan fingerprint density at radius 2 is 1.88 bits per heavy atom. The zero-order valence-electron chi connectivity index (χ0n) is 15.1. The van der Waals surface area contributed by atoms with E-state index in [9.17, 15) is 22.0 Å². The van der Waals surface area contributed by atoms with Gasteiger partial charge in [0.1, 0.15) is 5.75 Å². The summed E-state index contributed by atoms with van der Waals surface area (Å²) in [6.45, 7) is -0.661. The maximum absolute atomic E-state index is 12.6. The fourth-order valence-electron chi connectivity index (χ4n) is 2.95. The Bertz CT molecular complexity index is 725. The largest absolute Gasteiger partial charge is 0.435 e. The summed E-state index contributed by atoms with van der Waals surface area (Å²) < 4.78 is 51.8. The van der Waals surface area contributed by atoms with Crippen molar-refractivity contribution in [3.63, 3.8) is 0 Å². The summed E-state index contributed by atoms with van der Waals surface area (Å²) in [6.07, 6.45) is 0.465. The standard InChI is InChI=1S/C17H24F2N2O4S/c1-12(16(22)21(3)14-8-9-26(23,24)11-14)20(2)10-13-4-6-15(7-5-13)25-17(18)19/h4-7,12,14,17H,8-11H2,1-3H3/t12-,14+/m0/s1. The molecular formula is C17H24F2N2O4S. The van der Waals surface area contributed by atoms with Gasteiger partial charge in [-0.15, -0.1) is 0 Å². The minimum atomic E-state index is -3.05. The third kappa shape index (κ3) is 5.38. The highest BCUT2D eigenvalue weighted by Crippen LogP contribution is 2.19. The molecule has 0 aromatic heterocycles. The summed E-state index contributed by atoms with van der Waals surface area (Å²) >= 11 is 0. The van der Waals surface area contributed by atoms with Gasteiger partial charge in [0.2, 0.25) is 5.91 Å². The summed E-state index contributed by atoms with van der Waals surface area (Å²) in [7, 11) is 0.363. The summed E-state index contributed by atoms with van der Waals surface area (Å²) in [5.41, 5.74) is 0.847. The Morgan fingerprint density at radius 3 is 2.38 bits per heavy atom. The van der Waals surface area contributed by atoms with Crippen molar-refractivity contribution < 1.29 is 26.7 Å². The van der Waals surface area contributed by atoms with Gasteiger partial charge >= 0.3 is 6.61 Å². The smallest absolute Gasteiger partial charge is 0.387 e. The molecule has 1 aromatic carbocycles. The molecule has 1 aromatic rings. The quantitative estimate of drug-likeness (QED) is 0.710. The normalized spacial score (nSPS) is 20.3. The molecule has 1 aliphatic heterocycles. The van der Waals surface area contributed by atoms with E-state index < -0.39 is 22.5 Å². The first-order valence-electron chi connectivity index (χ1n) is 8.30. The van der Waals surface area contributed by atoms with Crippen LogP contribution in [0.3, 0.4) is 0 Å². The van der Waals surface area contributed by atoms with Crippen molar-refractivity contribution in [3.05, 3.63) is 29.8 Å². The second-order valence-electron chi connectivity index (χ2n) is 6.62. The van der Waals surface area contributed by atoms with Gasteiger partial charge in [0, 0.05) is 19.6 Å². The Labute approximate surface area is 152 Å². The van der Waals surface area contributed by atoms with Crippen LogP contribution < -0.4 is 4.74 Å². The van der Waals surface area contributed by atoms with E-state index in [0.29, 0.717) is 13.0 Å². The maximum Gasteiger partial charge on any atom is 0.387 e. The Morgan fingerprint density at radius 1 is 1.27 bits per heavy atom. The molecule has 0 unspecified atom stereocenters. The molecule has 1 fully saturated rings. The zero-order valence-corrected chi connectivity index (χ0v) is 15.9. The lowest BCUT2D eigenvalue weighted by Crippen LogP contribution is -2.48. The predicted molar refractivity (Wildman–Crippen MR) is 93.8 cm³/mol. The second kappa shape index (κ2) is 8.30. The molecule has 146 valence electrons. The van der Waals surface area contributed by atoms with Gasteiger partial charge in [0.25, 0.3) is 0 Å². The summed E-state index contributed by atoms with van der Waals surface area (Å²) in [6, 6.07) is 5.51. The van der Waals surface area contributed by atoms with Gasteiger partial charge in [-0.2, -0.15) is 8.78 Å². The fourth-order valence-corrected chi connectivity index (χ4v) is 4.72. The number of rotatable bonds is 7. The number of hydrogen-bond donors (Lipinski definition) is 0. The van der Waals surface area contributed by atoms with Crippen LogP contribution in [0.5, 0.6) is 5.75 Å². The minimum absolute atomic E-state index is 0.0112. The number of carbonyl (C=O) groups is 1. The average molecular weight is 390 g/mol. The van der Waals surface area contributed by atoms with Gasteiger partial charge in [0.05, 0.1) is 17.5 Å². The highest BCUT2D eigenvalue weighted by molar-refractivity contribution is 7.91. The van der Waals surface area contributed by atoms with Crippen LogP contribution in [0.4, 0.5) is 8.78 Å². The third-order valence-electron chi connectivity index (χ3n) is 4.70. The number of alkyl halides is 2. The van der Waals surface area contributed by atoms with E-state index in [1.54, 1.807) is 33.2 Å². The summed E-state index contributed by atoms with van der Waals surface area (Å²) in [5, 5.41) is 0. The van der Waals surface area contributed by atoms with Crippen molar-refractivity contribution in [2.24, 2.45) is 0 Å². The number of hydrogen-bond acceptors (Lipinski definition) is 5. The van der Waals surface area contributed by atoms with E-state index in [1.807, 2.05) is 4.90 Å². The molecule has 1 aliphatic rings. The molecule has 1 heterocycles. The molecule has 6 nitrogen and oxygen atoms in total. The van der Waals surface area contributed by atoms with Crippen LogP contribution in [0.2, 0.25) is 0 Å². The molecule has 1 saturated heterocycles. The van der Waals surface area contributed by atoms with Crippen molar-refractivity contribution in [2.45, 2.75) is 38.6 Å². The SMILES string of the molecule is C[C@@H](C(=O)N(C)[C@@H]1CCS(=O)(=O)C1)N(C)Cc1ccc(OC(F)F)cc1. The maximum atomic E-state index is 12.6. The first-order chi connectivity index (χ1) is 12.1. The molecular weight excluding hydrogens is 366 g/mol. The lowest BCUT2D eigenvalue weighted by atomic mass is 10.1. The monoisotopic (exact) mass is 390 g/mol. The van der Waals surface area contributed by atoms with Gasteiger partial charge in [0.15, 0.2) is 9.84 Å². The highest BCUT2D eigenvalue weighted by atomic mass is 32.2. The molecule has 0 bridgehead atoms. The van der Waals surface area contributed by atoms with Crippen LogP contribution in [0.25, 0.3) is 0 Å². The predicted octanol–water partition coefficient (Wildman–Crippen LogP) is 1.75. The molecule has 2 rings (SSSR count). The van der Waals surface area contributed by atoms with Crippen LogP contribution >= 0.6 is 0 Å². The topological polar surface area (TPSA) is 66.9 Å².